The van der Waals surface area contributed by atoms with E-state index in [4.69, 9.17) is 21.3 Å². The van der Waals surface area contributed by atoms with Crippen molar-refractivity contribution < 1.29 is 4.74 Å². The third-order valence-corrected chi connectivity index (χ3v) is 5.41. The highest BCUT2D eigenvalue weighted by Gasteiger charge is 2.18. The maximum atomic E-state index is 6.05. The Morgan fingerprint density at radius 2 is 1.93 bits per heavy atom. The SMILES string of the molecule is Cc1nc(Cl)cc(Nc2nc(-c3ccccc3)c(CN3CCOCC3)s2)n1. The molecule has 4 rings (SSSR count). The summed E-state index contributed by atoms with van der Waals surface area (Å²) in [6.07, 6.45) is 0. The molecule has 1 aliphatic heterocycles. The Morgan fingerprint density at radius 3 is 2.67 bits per heavy atom. The molecule has 0 bridgehead atoms. The van der Waals surface area contributed by atoms with E-state index in [0.717, 1.165) is 49.2 Å². The number of nitrogens with zero attached hydrogens (tertiary/aromatic N) is 4. The molecule has 0 unspecified atom stereocenters. The lowest BCUT2D eigenvalue weighted by molar-refractivity contribution is 0.0347. The van der Waals surface area contributed by atoms with Crippen LogP contribution in [0.15, 0.2) is 36.4 Å². The fraction of sp³-hybridized carbons (Fsp3) is 0.316. The quantitative estimate of drug-likeness (QED) is 0.648. The smallest absolute Gasteiger partial charge is 0.189 e. The van der Waals surface area contributed by atoms with Crippen LogP contribution in [0.2, 0.25) is 5.15 Å². The van der Waals surface area contributed by atoms with Gasteiger partial charge < -0.3 is 10.1 Å². The summed E-state index contributed by atoms with van der Waals surface area (Å²) in [5, 5.41) is 4.49. The Hall–Kier alpha value is -2.06. The zero-order chi connectivity index (χ0) is 18.6. The number of ether oxygens (including phenoxy) is 1. The van der Waals surface area contributed by atoms with Gasteiger partial charge in [0, 0.05) is 36.1 Å². The molecule has 3 heterocycles. The number of halogens is 1. The van der Waals surface area contributed by atoms with E-state index in [1.807, 2.05) is 25.1 Å². The topological polar surface area (TPSA) is 63.2 Å². The molecule has 1 saturated heterocycles. The summed E-state index contributed by atoms with van der Waals surface area (Å²) in [7, 11) is 0. The van der Waals surface area contributed by atoms with Crippen molar-refractivity contribution in [3.05, 3.63) is 52.3 Å². The number of aromatic nitrogens is 3. The second kappa shape index (κ2) is 8.31. The molecule has 2 aromatic heterocycles. The van der Waals surface area contributed by atoms with Crippen LogP contribution in [0.5, 0.6) is 0 Å². The molecule has 140 valence electrons. The Bertz CT molecular complexity index is 891. The maximum Gasteiger partial charge on any atom is 0.189 e. The van der Waals surface area contributed by atoms with Crippen LogP contribution in [0.25, 0.3) is 11.3 Å². The first-order valence-electron chi connectivity index (χ1n) is 8.81. The van der Waals surface area contributed by atoms with E-state index in [1.54, 1.807) is 17.4 Å². The molecule has 1 aromatic carbocycles. The van der Waals surface area contributed by atoms with Gasteiger partial charge in [-0.15, -0.1) is 0 Å². The van der Waals surface area contributed by atoms with Crippen molar-refractivity contribution in [3.8, 4) is 11.3 Å². The van der Waals surface area contributed by atoms with Crippen LogP contribution in [0.1, 0.15) is 10.7 Å². The van der Waals surface area contributed by atoms with Gasteiger partial charge in [-0.25, -0.2) is 15.0 Å². The van der Waals surface area contributed by atoms with Crippen LogP contribution >= 0.6 is 22.9 Å². The van der Waals surface area contributed by atoms with Gasteiger partial charge in [0.25, 0.3) is 0 Å². The summed E-state index contributed by atoms with van der Waals surface area (Å²) in [6.45, 7) is 6.12. The number of aryl methyl sites for hydroxylation is 1. The van der Waals surface area contributed by atoms with Crippen molar-refractivity contribution in [1.29, 1.82) is 0 Å². The number of nitrogens with one attached hydrogen (secondary N) is 1. The fourth-order valence-corrected chi connectivity index (χ4v) is 4.26. The minimum Gasteiger partial charge on any atom is -0.379 e. The Balaban J connectivity index is 1.64. The summed E-state index contributed by atoms with van der Waals surface area (Å²) in [4.78, 5) is 17.0. The first-order chi connectivity index (χ1) is 13.2. The predicted molar refractivity (Wildman–Crippen MR) is 109 cm³/mol. The van der Waals surface area contributed by atoms with Crippen LogP contribution in [0.4, 0.5) is 10.9 Å². The number of anilines is 2. The van der Waals surface area contributed by atoms with Crippen LogP contribution in [0, 0.1) is 6.92 Å². The molecule has 0 aliphatic carbocycles. The van der Waals surface area contributed by atoms with E-state index in [1.165, 1.54) is 4.88 Å². The molecule has 0 amide bonds. The molecule has 27 heavy (non-hydrogen) atoms. The van der Waals surface area contributed by atoms with Crippen LogP contribution in [0.3, 0.4) is 0 Å². The van der Waals surface area contributed by atoms with Crippen molar-refractivity contribution in [1.82, 2.24) is 19.9 Å². The van der Waals surface area contributed by atoms with Crippen LogP contribution < -0.4 is 5.32 Å². The molecular formula is C19H20ClN5OS. The zero-order valence-electron chi connectivity index (χ0n) is 15.0. The average molecular weight is 402 g/mol. The summed E-state index contributed by atoms with van der Waals surface area (Å²) in [5.41, 5.74) is 2.12. The van der Waals surface area contributed by atoms with Gasteiger partial charge >= 0.3 is 0 Å². The lowest BCUT2D eigenvalue weighted by Gasteiger charge is -2.26. The van der Waals surface area contributed by atoms with Crippen molar-refractivity contribution in [2.24, 2.45) is 0 Å². The Labute approximate surface area is 167 Å². The molecule has 0 atom stereocenters. The summed E-state index contributed by atoms with van der Waals surface area (Å²) < 4.78 is 5.47. The third kappa shape index (κ3) is 4.62. The normalized spacial score (nSPS) is 15.0. The lowest BCUT2D eigenvalue weighted by Crippen LogP contribution is -2.35. The number of morpholine rings is 1. The first-order valence-corrected chi connectivity index (χ1v) is 10.0. The van der Waals surface area contributed by atoms with Crippen molar-refractivity contribution in [3.63, 3.8) is 0 Å². The van der Waals surface area contributed by atoms with Gasteiger partial charge in [-0.05, 0) is 6.92 Å². The predicted octanol–water partition coefficient (Wildman–Crippen LogP) is 4.14. The monoisotopic (exact) mass is 401 g/mol. The Morgan fingerprint density at radius 1 is 1.15 bits per heavy atom. The molecular weight excluding hydrogens is 382 g/mol. The third-order valence-electron chi connectivity index (χ3n) is 4.26. The number of hydrogen-bond donors (Lipinski definition) is 1. The highest BCUT2D eigenvalue weighted by molar-refractivity contribution is 7.16. The van der Waals surface area contributed by atoms with E-state index in [-0.39, 0.29) is 0 Å². The average Bonchev–Trinajstić information content (AvgIpc) is 3.04. The van der Waals surface area contributed by atoms with E-state index < -0.39 is 0 Å². The molecule has 3 aromatic rings. The van der Waals surface area contributed by atoms with Gasteiger partial charge in [-0.2, -0.15) is 0 Å². The second-order valence-corrected chi connectivity index (χ2v) is 7.76. The summed E-state index contributed by atoms with van der Waals surface area (Å²) >= 11 is 7.70. The molecule has 0 spiro atoms. The highest BCUT2D eigenvalue weighted by atomic mass is 35.5. The van der Waals surface area contributed by atoms with Crippen LogP contribution in [-0.4, -0.2) is 46.2 Å². The van der Waals surface area contributed by atoms with Gasteiger partial charge in [-0.3, -0.25) is 4.90 Å². The number of rotatable bonds is 5. The van der Waals surface area contributed by atoms with Gasteiger partial charge in [0.05, 0.1) is 18.9 Å². The number of hydrogen-bond acceptors (Lipinski definition) is 7. The summed E-state index contributed by atoms with van der Waals surface area (Å²) in [6, 6.07) is 12.0. The molecule has 0 saturated carbocycles. The fourth-order valence-electron chi connectivity index (χ4n) is 3.00. The van der Waals surface area contributed by atoms with Crippen molar-refractivity contribution >= 4 is 33.9 Å². The summed E-state index contributed by atoms with van der Waals surface area (Å²) in [5.74, 6) is 1.28. The molecule has 0 radical (unpaired) electrons. The van der Waals surface area contributed by atoms with Gasteiger partial charge in [-0.1, -0.05) is 53.3 Å². The van der Waals surface area contributed by atoms with E-state index in [0.29, 0.717) is 16.8 Å². The largest absolute Gasteiger partial charge is 0.379 e. The van der Waals surface area contributed by atoms with Gasteiger partial charge in [0.2, 0.25) is 0 Å². The minimum atomic E-state index is 0.415. The van der Waals surface area contributed by atoms with E-state index in [2.05, 4.69) is 32.3 Å². The van der Waals surface area contributed by atoms with Crippen molar-refractivity contribution in [2.75, 3.05) is 31.6 Å². The molecule has 1 aliphatic rings. The van der Waals surface area contributed by atoms with Crippen molar-refractivity contribution in [2.45, 2.75) is 13.5 Å². The number of thiazole rings is 1. The van der Waals surface area contributed by atoms with Gasteiger partial charge in [0.15, 0.2) is 5.13 Å². The van der Waals surface area contributed by atoms with Gasteiger partial charge in [0.1, 0.15) is 16.8 Å². The molecule has 1 N–H and O–H groups in total. The van der Waals surface area contributed by atoms with Crippen LogP contribution in [-0.2, 0) is 11.3 Å². The molecule has 1 fully saturated rings. The maximum absolute atomic E-state index is 6.05. The number of benzene rings is 1. The van der Waals surface area contributed by atoms with E-state index >= 15 is 0 Å². The molecule has 6 nitrogen and oxygen atoms in total. The highest BCUT2D eigenvalue weighted by Crippen LogP contribution is 2.33. The molecule has 8 heteroatoms. The first kappa shape index (κ1) is 18.3. The minimum absolute atomic E-state index is 0.415. The van der Waals surface area contributed by atoms with E-state index in [9.17, 15) is 0 Å². The lowest BCUT2D eigenvalue weighted by atomic mass is 10.1. The Kier molecular flexibility index (Phi) is 5.63. The zero-order valence-corrected chi connectivity index (χ0v) is 16.6. The standard InChI is InChI=1S/C19H20ClN5OS/c1-13-21-16(20)11-17(22-13)23-19-24-18(14-5-3-2-4-6-14)15(27-19)12-25-7-9-26-10-8-25/h2-6,11H,7-10,12H2,1H3,(H,21,22,23,24). The second-order valence-electron chi connectivity index (χ2n) is 6.29.